The van der Waals surface area contributed by atoms with Crippen LogP contribution in [-0.2, 0) is 9.59 Å². The van der Waals surface area contributed by atoms with Crippen LogP contribution in [0.25, 0.3) is 6.08 Å². The Balaban J connectivity index is 2.16. The number of nitrogens with two attached hydrogens (primary N) is 1. The Morgan fingerprint density at radius 3 is 2.65 bits per heavy atom. The van der Waals surface area contributed by atoms with Crippen molar-refractivity contribution in [2.45, 2.75) is 0 Å². The zero-order valence-electron chi connectivity index (χ0n) is 10.8. The molecule has 1 aliphatic rings. The molecule has 1 saturated heterocycles. The van der Waals surface area contributed by atoms with Gasteiger partial charge in [0, 0.05) is 18.8 Å². The molecule has 0 aromatic heterocycles. The van der Waals surface area contributed by atoms with Gasteiger partial charge in [-0.15, -0.1) is 0 Å². The molecule has 0 aliphatic carbocycles. The van der Waals surface area contributed by atoms with Crippen LogP contribution in [0.15, 0.2) is 29.8 Å². The van der Waals surface area contributed by atoms with Crippen molar-refractivity contribution < 1.29 is 9.59 Å². The monoisotopic (exact) mass is 270 g/mol. The van der Waals surface area contributed by atoms with E-state index in [1.165, 1.54) is 6.08 Å². The molecule has 1 aromatic rings. The van der Waals surface area contributed by atoms with Gasteiger partial charge in [-0.05, 0) is 23.8 Å². The van der Waals surface area contributed by atoms with Gasteiger partial charge in [0.05, 0.1) is 6.54 Å². The zero-order chi connectivity index (χ0) is 14.5. The number of hydrogen-bond acceptors (Lipinski definition) is 4. The van der Waals surface area contributed by atoms with E-state index in [1.54, 1.807) is 18.2 Å². The van der Waals surface area contributed by atoms with Crippen molar-refractivity contribution in [3.63, 3.8) is 0 Å². The van der Waals surface area contributed by atoms with E-state index in [9.17, 15) is 9.59 Å². The van der Waals surface area contributed by atoms with Crippen LogP contribution in [0.3, 0.4) is 0 Å². The normalized spacial score (nSPS) is 15.4. The largest absolute Gasteiger partial charge is 0.365 e. The lowest BCUT2D eigenvalue weighted by molar-refractivity contribution is -0.120. The van der Waals surface area contributed by atoms with E-state index in [0.717, 1.165) is 12.2 Å². The predicted octanol–water partition coefficient (Wildman–Crippen LogP) is 0.0151. The number of nitrogens with zero attached hydrogens (tertiary/aromatic N) is 2. The van der Waals surface area contributed by atoms with Crippen LogP contribution in [0.1, 0.15) is 5.56 Å². The predicted molar refractivity (Wildman–Crippen MR) is 74.4 cm³/mol. The Labute approximate surface area is 116 Å². The van der Waals surface area contributed by atoms with Crippen LogP contribution in [0, 0.1) is 11.3 Å². The van der Waals surface area contributed by atoms with Crippen molar-refractivity contribution in [2.75, 3.05) is 24.5 Å². The number of nitrogens with one attached hydrogen (secondary N) is 1. The summed E-state index contributed by atoms with van der Waals surface area (Å²) < 4.78 is 0. The lowest BCUT2D eigenvalue weighted by Gasteiger charge is -2.28. The van der Waals surface area contributed by atoms with Gasteiger partial charge in [-0.1, -0.05) is 12.1 Å². The van der Waals surface area contributed by atoms with Crippen LogP contribution in [0.2, 0.25) is 0 Å². The second kappa shape index (κ2) is 5.89. The Hall–Kier alpha value is -2.81. The summed E-state index contributed by atoms with van der Waals surface area (Å²) in [4.78, 5) is 24.3. The number of piperazine rings is 1. The van der Waals surface area contributed by atoms with Crippen molar-refractivity contribution in [2.24, 2.45) is 5.73 Å². The summed E-state index contributed by atoms with van der Waals surface area (Å²) in [6.07, 6.45) is 1.44. The molecule has 1 aliphatic heterocycles. The van der Waals surface area contributed by atoms with E-state index >= 15 is 0 Å². The van der Waals surface area contributed by atoms with Crippen molar-refractivity contribution >= 4 is 23.6 Å². The number of amides is 2. The van der Waals surface area contributed by atoms with Crippen LogP contribution in [-0.4, -0.2) is 31.4 Å². The van der Waals surface area contributed by atoms with Gasteiger partial charge >= 0.3 is 0 Å². The summed E-state index contributed by atoms with van der Waals surface area (Å²) in [5.74, 6) is -0.745. The highest BCUT2D eigenvalue weighted by Gasteiger charge is 2.16. The van der Waals surface area contributed by atoms with E-state index in [2.05, 4.69) is 5.32 Å². The molecule has 6 nitrogen and oxygen atoms in total. The molecule has 2 amide bonds. The SMILES string of the molecule is N#CC(=Cc1ccc(N2CCNC(=O)C2)cc1)C(N)=O. The summed E-state index contributed by atoms with van der Waals surface area (Å²) >= 11 is 0. The highest BCUT2D eigenvalue weighted by molar-refractivity contribution is 6.00. The third-order valence-electron chi connectivity index (χ3n) is 2.99. The quantitative estimate of drug-likeness (QED) is 0.597. The summed E-state index contributed by atoms with van der Waals surface area (Å²) in [7, 11) is 0. The molecule has 0 atom stereocenters. The molecule has 0 saturated carbocycles. The third kappa shape index (κ3) is 3.14. The summed E-state index contributed by atoms with van der Waals surface area (Å²) in [6.45, 7) is 1.71. The first-order valence-electron chi connectivity index (χ1n) is 6.13. The lowest BCUT2D eigenvalue weighted by Crippen LogP contribution is -2.47. The first kappa shape index (κ1) is 13.6. The maximum atomic E-state index is 11.3. The first-order chi connectivity index (χ1) is 9.60. The molecule has 1 fully saturated rings. The molecule has 3 N–H and O–H groups in total. The molecule has 102 valence electrons. The molecule has 1 aromatic carbocycles. The van der Waals surface area contributed by atoms with Gasteiger partial charge in [-0.2, -0.15) is 5.26 Å². The second-order valence-corrected chi connectivity index (χ2v) is 4.40. The molecular formula is C14H14N4O2. The lowest BCUT2D eigenvalue weighted by atomic mass is 10.1. The molecule has 0 radical (unpaired) electrons. The van der Waals surface area contributed by atoms with Crippen LogP contribution in [0.5, 0.6) is 0 Å². The van der Waals surface area contributed by atoms with Crippen LogP contribution >= 0.6 is 0 Å². The van der Waals surface area contributed by atoms with Gasteiger partial charge in [0.2, 0.25) is 5.91 Å². The Morgan fingerprint density at radius 2 is 2.10 bits per heavy atom. The van der Waals surface area contributed by atoms with Gasteiger partial charge < -0.3 is 16.0 Å². The van der Waals surface area contributed by atoms with E-state index in [4.69, 9.17) is 11.0 Å². The van der Waals surface area contributed by atoms with Gasteiger partial charge in [0.15, 0.2) is 0 Å². The number of rotatable bonds is 3. The zero-order valence-corrected chi connectivity index (χ0v) is 10.8. The van der Waals surface area contributed by atoms with Crippen molar-refractivity contribution in [3.8, 4) is 6.07 Å². The summed E-state index contributed by atoms with van der Waals surface area (Å²) in [5.41, 5.74) is 6.63. The number of primary amides is 1. The van der Waals surface area contributed by atoms with Gasteiger partial charge in [0.25, 0.3) is 5.91 Å². The van der Waals surface area contributed by atoms with Crippen molar-refractivity contribution in [1.29, 1.82) is 5.26 Å². The minimum Gasteiger partial charge on any atom is -0.365 e. The number of benzene rings is 1. The van der Waals surface area contributed by atoms with Crippen LogP contribution in [0.4, 0.5) is 5.69 Å². The molecule has 20 heavy (non-hydrogen) atoms. The Morgan fingerprint density at radius 1 is 1.40 bits per heavy atom. The molecule has 2 rings (SSSR count). The smallest absolute Gasteiger partial charge is 0.259 e. The molecule has 0 spiro atoms. The second-order valence-electron chi connectivity index (χ2n) is 4.40. The first-order valence-corrected chi connectivity index (χ1v) is 6.13. The van der Waals surface area contributed by atoms with Crippen molar-refractivity contribution in [3.05, 3.63) is 35.4 Å². The molecule has 0 unspecified atom stereocenters. The number of anilines is 1. The molecule has 1 heterocycles. The number of nitriles is 1. The highest BCUT2D eigenvalue weighted by Crippen LogP contribution is 2.17. The van der Waals surface area contributed by atoms with Crippen molar-refractivity contribution in [1.82, 2.24) is 5.32 Å². The van der Waals surface area contributed by atoms with E-state index in [0.29, 0.717) is 18.7 Å². The maximum absolute atomic E-state index is 11.3. The van der Waals surface area contributed by atoms with Gasteiger partial charge in [-0.3, -0.25) is 9.59 Å². The minimum absolute atomic E-state index is 0.000664. The fraction of sp³-hybridized carbons (Fsp3) is 0.214. The highest BCUT2D eigenvalue weighted by atomic mass is 16.2. The number of carbonyl (C=O) groups is 2. The van der Waals surface area contributed by atoms with E-state index in [1.807, 2.05) is 17.0 Å². The van der Waals surface area contributed by atoms with Gasteiger partial charge in [0.1, 0.15) is 11.6 Å². The Kier molecular flexibility index (Phi) is 4.01. The number of carbonyl (C=O) groups excluding carboxylic acids is 2. The maximum Gasteiger partial charge on any atom is 0.259 e. The van der Waals surface area contributed by atoms with E-state index in [-0.39, 0.29) is 11.5 Å². The third-order valence-corrected chi connectivity index (χ3v) is 2.99. The fourth-order valence-corrected chi connectivity index (χ4v) is 1.97. The fourth-order valence-electron chi connectivity index (χ4n) is 1.97. The molecular weight excluding hydrogens is 256 g/mol. The topological polar surface area (TPSA) is 99.2 Å². The molecule has 6 heteroatoms. The van der Waals surface area contributed by atoms with E-state index < -0.39 is 5.91 Å². The van der Waals surface area contributed by atoms with Crippen LogP contribution < -0.4 is 16.0 Å². The standard InChI is InChI=1S/C14H14N4O2/c15-8-11(14(16)20)7-10-1-3-12(4-2-10)18-6-5-17-13(19)9-18/h1-4,7H,5-6,9H2,(H2,16,20)(H,17,19). The Bertz CT molecular complexity index is 599. The van der Waals surface area contributed by atoms with Gasteiger partial charge in [-0.25, -0.2) is 0 Å². The summed E-state index contributed by atoms with van der Waals surface area (Å²) in [5, 5.41) is 11.5. The minimum atomic E-state index is -0.746. The number of hydrogen-bond donors (Lipinski definition) is 2. The average Bonchev–Trinajstić information content (AvgIpc) is 2.45. The summed E-state index contributed by atoms with van der Waals surface area (Å²) in [6, 6.07) is 9.01. The molecule has 0 bridgehead atoms. The average molecular weight is 270 g/mol.